The zero-order valence-corrected chi connectivity index (χ0v) is 9.57. The first-order chi connectivity index (χ1) is 5.35. The number of hydrogen-bond donors (Lipinski definition) is 1. The molecule has 0 amide bonds. The van der Waals surface area contributed by atoms with E-state index in [1.54, 1.807) is 0 Å². The van der Waals surface area contributed by atoms with Crippen molar-refractivity contribution >= 4 is 0 Å². The second kappa shape index (κ2) is 4.86. The fourth-order valence-electron chi connectivity index (χ4n) is 1.85. The summed E-state index contributed by atoms with van der Waals surface area (Å²) in [5.74, 6) is 0.826. The van der Waals surface area contributed by atoms with E-state index in [4.69, 9.17) is 0 Å². The number of nitrogens with one attached hydrogen (secondary N) is 1. The summed E-state index contributed by atoms with van der Waals surface area (Å²) in [6.45, 7) is 11.5. The normalized spacial score (nSPS) is 17.5. The summed E-state index contributed by atoms with van der Waals surface area (Å²) in [7, 11) is 2.04. The van der Waals surface area contributed by atoms with E-state index in [9.17, 15) is 0 Å². The highest BCUT2D eigenvalue weighted by molar-refractivity contribution is 4.69. The molecule has 0 aliphatic rings. The lowest BCUT2D eigenvalue weighted by molar-refractivity contribution is 0.282. The second-order valence-corrected chi connectivity index (χ2v) is 5.30. The van der Waals surface area contributed by atoms with Gasteiger partial charge in [-0.3, -0.25) is 0 Å². The largest absolute Gasteiger partial charge is 0.317 e. The summed E-state index contributed by atoms with van der Waals surface area (Å²) in [5.41, 5.74) is 0.479. The molecule has 12 heavy (non-hydrogen) atoms. The molecule has 0 rings (SSSR count). The molecule has 1 heteroatoms. The van der Waals surface area contributed by atoms with Crippen LogP contribution in [-0.2, 0) is 0 Å². The van der Waals surface area contributed by atoms with Gasteiger partial charge in [0.2, 0.25) is 0 Å². The molecule has 0 bridgehead atoms. The lowest BCUT2D eigenvalue weighted by Crippen LogP contribution is -2.25. The fraction of sp³-hybridized carbons (Fsp3) is 1.00. The maximum atomic E-state index is 3.28. The Morgan fingerprint density at radius 2 is 1.67 bits per heavy atom. The molecular formula is C11H25N. The van der Waals surface area contributed by atoms with E-state index < -0.39 is 0 Å². The van der Waals surface area contributed by atoms with Crippen LogP contribution in [0.25, 0.3) is 0 Å². The Labute approximate surface area is 77.9 Å². The zero-order chi connectivity index (χ0) is 9.78. The Kier molecular flexibility index (Phi) is 4.84. The Balaban J connectivity index is 3.66. The van der Waals surface area contributed by atoms with Crippen LogP contribution in [0, 0.1) is 11.3 Å². The van der Waals surface area contributed by atoms with Crippen molar-refractivity contribution in [2.24, 2.45) is 11.3 Å². The van der Waals surface area contributed by atoms with Gasteiger partial charge in [-0.1, -0.05) is 27.7 Å². The predicted octanol–water partition coefficient (Wildman–Crippen LogP) is 3.06. The Morgan fingerprint density at radius 3 is 2.00 bits per heavy atom. The van der Waals surface area contributed by atoms with Gasteiger partial charge in [-0.25, -0.2) is 0 Å². The summed E-state index contributed by atoms with van der Waals surface area (Å²) in [5, 5.41) is 3.28. The van der Waals surface area contributed by atoms with Gasteiger partial charge in [-0.05, 0) is 38.1 Å². The molecule has 0 saturated carbocycles. The standard InChI is InChI=1S/C11H25N/c1-9(7-10(2)12-6)8-11(3,4)5/h9-10,12H,7-8H2,1-6H3. The van der Waals surface area contributed by atoms with E-state index in [0.29, 0.717) is 11.5 Å². The van der Waals surface area contributed by atoms with Gasteiger partial charge >= 0.3 is 0 Å². The van der Waals surface area contributed by atoms with Crippen molar-refractivity contribution < 1.29 is 0 Å². The van der Waals surface area contributed by atoms with Crippen LogP contribution in [0.3, 0.4) is 0 Å². The molecule has 0 fully saturated rings. The highest BCUT2D eigenvalue weighted by Crippen LogP contribution is 2.26. The number of hydrogen-bond acceptors (Lipinski definition) is 1. The number of rotatable bonds is 4. The van der Waals surface area contributed by atoms with E-state index in [0.717, 1.165) is 5.92 Å². The highest BCUT2D eigenvalue weighted by Gasteiger charge is 2.16. The monoisotopic (exact) mass is 171 g/mol. The quantitative estimate of drug-likeness (QED) is 0.685. The van der Waals surface area contributed by atoms with Gasteiger partial charge < -0.3 is 5.32 Å². The molecule has 74 valence electrons. The maximum absolute atomic E-state index is 3.28. The van der Waals surface area contributed by atoms with Crippen LogP contribution < -0.4 is 5.32 Å². The molecule has 0 spiro atoms. The molecule has 0 saturated heterocycles. The first-order valence-corrected chi connectivity index (χ1v) is 5.02. The van der Waals surface area contributed by atoms with Crippen LogP contribution >= 0.6 is 0 Å². The van der Waals surface area contributed by atoms with Crippen molar-refractivity contribution in [3.63, 3.8) is 0 Å². The highest BCUT2D eigenvalue weighted by atomic mass is 14.8. The molecule has 1 nitrogen and oxygen atoms in total. The van der Waals surface area contributed by atoms with Gasteiger partial charge in [-0.2, -0.15) is 0 Å². The van der Waals surface area contributed by atoms with E-state index >= 15 is 0 Å². The average Bonchev–Trinajstić information content (AvgIpc) is 1.82. The third-order valence-electron chi connectivity index (χ3n) is 2.21. The van der Waals surface area contributed by atoms with Gasteiger partial charge in [0.05, 0.1) is 0 Å². The van der Waals surface area contributed by atoms with Gasteiger partial charge in [0.15, 0.2) is 0 Å². The van der Waals surface area contributed by atoms with Crippen molar-refractivity contribution in [2.75, 3.05) is 7.05 Å². The minimum Gasteiger partial charge on any atom is -0.317 e. The molecule has 0 radical (unpaired) electrons. The fourth-order valence-corrected chi connectivity index (χ4v) is 1.85. The molecule has 0 heterocycles. The zero-order valence-electron chi connectivity index (χ0n) is 9.57. The molecule has 2 unspecified atom stereocenters. The molecule has 0 aromatic rings. The Hall–Kier alpha value is -0.0400. The Bertz CT molecular complexity index is 113. The molecule has 2 atom stereocenters. The van der Waals surface area contributed by atoms with Crippen LogP contribution in [0.5, 0.6) is 0 Å². The minimum atomic E-state index is 0.479. The van der Waals surface area contributed by atoms with E-state index in [1.165, 1.54) is 12.8 Å². The summed E-state index contributed by atoms with van der Waals surface area (Å²) in [6, 6.07) is 0.655. The molecular weight excluding hydrogens is 146 g/mol. The minimum absolute atomic E-state index is 0.479. The second-order valence-electron chi connectivity index (χ2n) is 5.30. The van der Waals surface area contributed by atoms with Crippen molar-refractivity contribution in [2.45, 2.75) is 53.5 Å². The average molecular weight is 171 g/mol. The first kappa shape index (κ1) is 12.0. The van der Waals surface area contributed by atoms with Crippen molar-refractivity contribution in [3.8, 4) is 0 Å². The smallest absolute Gasteiger partial charge is 0.00382 e. The van der Waals surface area contributed by atoms with Crippen molar-refractivity contribution in [1.29, 1.82) is 0 Å². The van der Waals surface area contributed by atoms with Crippen molar-refractivity contribution in [3.05, 3.63) is 0 Å². The van der Waals surface area contributed by atoms with Crippen LogP contribution in [-0.4, -0.2) is 13.1 Å². The van der Waals surface area contributed by atoms with Crippen LogP contribution in [0.1, 0.15) is 47.5 Å². The third kappa shape index (κ3) is 6.66. The molecule has 0 aliphatic heterocycles. The maximum Gasteiger partial charge on any atom is 0.00382 e. The van der Waals surface area contributed by atoms with Gasteiger partial charge in [-0.15, -0.1) is 0 Å². The van der Waals surface area contributed by atoms with E-state index in [-0.39, 0.29) is 0 Å². The van der Waals surface area contributed by atoms with E-state index in [1.807, 2.05) is 7.05 Å². The summed E-state index contributed by atoms with van der Waals surface area (Å²) in [4.78, 5) is 0. The van der Waals surface area contributed by atoms with Crippen LogP contribution in [0.4, 0.5) is 0 Å². The van der Waals surface area contributed by atoms with Gasteiger partial charge in [0.25, 0.3) is 0 Å². The third-order valence-corrected chi connectivity index (χ3v) is 2.21. The molecule has 0 aromatic heterocycles. The summed E-state index contributed by atoms with van der Waals surface area (Å²) < 4.78 is 0. The first-order valence-electron chi connectivity index (χ1n) is 5.02. The van der Waals surface area contributed by atoms with Gasteiger partial charge in [0.1, 0.15) is 0 Å². The molecule has 0 aromatic carbocycles. The molecule has 1 N–H and O–H groups in total. The summed E-state index contributed by atoms with van der Waals surface area (Å²) in [6.07, 6.45) is 2.60. The molecule has 0 aliphatic carbocycles. The summed E-state index contributed by atoms with van der Waals surface area (Å²) >= 11 is 0. The van der Waals surface area contributed by atoms with Gasteiger partial charge in [0, 0.05) is 6.04 Å². The predicted molar refractivity (Wildman–Crippen MR) is 56.4 cm³/mol. The Morgan fingerprint density at radius 1 is 1.17 bits per heavy atom. The SMILES string of the molecule is CNC(C)CC(C)CC(C)(C)C. The lowest BCUT2D eigenvalue weighted by Gasteiger charge is -2.25. The van der Waals surface area contributed by atoms with Crippen LogP contribution in [0.2, 0.25) is 0 Å². The topological polar surface area (TPSA) is 12.0 Å². The van der Waals surface area contributed by atoms with E-state index in [2.05, 4.69) is 39.9 Å². The van der Waals surface area contributed by atoms with Crippen molar-refractivity contribution in [1.82, 2.24) is 5.32 Å². The van der Waals surface area contributed by atoms with Crippen LogP contribution in [0.15, 0.2) is 0 Å². The lowest BCUT2D eigenvalue weighted by atomic mass is 9.83.